The molecular weight excluding hydrogens is 308 g/mol. The van der Waals surface area contributed by atoms with Gasteiger partial charge in [-0.2, -0.15) is 0 Å². The Morgan fingerprint density at radius 3 is 2.65 bits per heavy atom. The van der Waals surface area contributed by atoms with Gasteiger partial charge in [0.1, 0.15) is 11.3 Å². The molecular formula is C17H12N4OS. The molecule has 1 aromatic carbocycles. The molecule has 6 heteroatoms. The van der Waals surface area contributed by atoms with Crippen molar-refractivity contribution in [2.75, 3.05) is 0 Å². The molecule has 0 atom stereocenters. The SMILES string of the molecule is O=C1NC(=S)NC1=Cc1c[nH]c2ncc(-c3ccccc3)cc12. The van der Waals surface area contributed by atoms with Crippen molar-refractivity contribution >= 4 is 40.3 Å². The van der Waals surface area contributed by atoms with Crippen molar-refractivity contribution in [3.05, 3.63) is 60.1 Å². The molecule has 0 saturated carbocycles. The number of fused-ring (bicyclic) bond motifs is 1. The van der Waals surface area contributed by atoms with Crippen LogP contribution >= 0.6 is 12.2 Å². The van der Waals surface area contributed by atoms with Crippen LogP contribution in [0.5, 0.6) is 0 Å². The minimum Gasteiger partial charge on any atom is -0.346 e. The van der Waals surface area contributed by atoms with Crippen LogP contribution in [0.4, 0.5) is 0 Å². The van der Waals surface area contributed by atoms with Crippen LogP contribution in [0.1, 0.15) is 5.56 Å². The van der Waals surface area contributed by atoms with Crippen LogP contribution in [-0.4, -0.2) is 21.0 Å². The van der Waals surface area contributed by atoms with Crippen LogP contribution in [0.15, 0.2) is 54.5 Å². The summed E-state index contributed by atoms with van der Waals surface area (Å²) in [6.45, 7) is 0. The first-order valence-corrected chi connectivity index (χ1v) is 7.48. The number of hydrogen-bond acceptors (Lipinski definition) is 3. The zero-order chi connectivity index (χ0) is 15.8. The maximum Gasteiger partial charge on any atom is 0.273 e. The molecule has 0 unspecified atom stereocenters. The van der Waals surface area contributed by atoms with Gasteiger partial charge < -0.3 is 10.3 Å². The Bertz CT molecular complexity index is 959. The number of amides is 1. The summed E-state index contributed by atoms with van der Waals surface area (Å²) in [5, 5.41) is 6.68. The fourth-order valence-corrected chi connectivity index (χ4v) is 2.77. The van der Waals surface area contributed by atoms with E-state index in [9.17, 15) is 4.79 Å². The molecule has 0 radical (unpaired) electrons. The summed E-state index contributed by atoms with van der Waals surface area (Å²) in [6.07, 6.45) is 5.43. The first-order chi connectivity index (χ1) is 11.2. The Morgan fingerprint density at radius 2 is 1.91 bits per heavy atom. The van der Waals surface area contributed by atoms with Gasteiger partial charge in [-0.15, -0.1) is 0 Å². The molecule has 23 heavy (non-hydrogen) atoms. The highest BCUT2D eigenvalue weighted by atomic mass is 32.1. The van der Waals surface area contributed by atoms with Gasteiger partial charge in [-0.25, -0.2) is 4.98 Å². The number of rotatable bonds is 2. The number of aromatic nitrogens is 2. The normalized spacial score (nSPS) is 15.9. The van der Waals surface area contributed by atoms with Crippen molar-refractivity contribution in [3.63, 3.8) is 0 Å². The predicted octanol–water partition coefficient (Wildman–Crippen LogP) is 2.58. The standard InChI is InChI=1S/C17H12N4OS/c22-16-14(20-17(23)21-16)7-12-9-19-15-13(12)6-11(8-18-15)10-4-2-1-3-5-10/h1-9H,(H,18,19)(H2,20,21,22,23). The third-order valence-corrected chi connectivity index (χ3v) is 3.89. The summed E-state index contributed by atoms with van der Waals surface area (Å²) >= 11 is 4.95. The number of carbonyl (C=O) groups excluding carboxylic acids is 1. The van der Waals surface area contributed by atoms with Gasteiger partial charge in [-0.05, 0) is 29.9 Å². The highest BCUT2D eigenvalue weighted by Crippen LogP contribution is 2.25. The maximum absolute atomic E-state index is 11.8. The van der Waals surface area contributed by atoms with Crippen molar-refractivity contribution in [1.82, 2.24) is 20.6 Å². The molecule has 1 aliphatic heterocycles. The first-order valence-electron chi connectivity index (χ1n) is 7.07. The number of nitrogens with zero attached hydrogens (tertiary/aromatic N) is 1. The van der Waals surface area contributed by atoms with Crippen LogP contribution in [0, 0.1) is 0 Å². The van der Waals surface area contributed by atoms with Gasteiger partial charge >= 0.3 is 0 Å². The Labute approximate surface area is 137 Å². The molecule has 3 aromatic rings. The minimum atomic E-state index is -0.225. The van der Waals surface area contributed by atoms with Crippen LogP contribution in [0.3, 0.4) is 0 Å². The summed E-state index contributed by atoms with van der Waals surface area (Å²) in [5.41, 5.74) is 4.21. The lowest BCUT2D eigenvalue weighted by molar-refractivity contribution is -0.115. The Hall–Kier alpha value is -2.99. The lowest BCUT2D eigenvalue weighted by Gasteiger charge is -2.02. The predicted molar refractivity (Wildman–Crippen MR) is 93.4 cm³/mol. The van der Waals surface area contributed by atoms with Gasteiger partial charge in [-0.3, -0.25) is 10.1 Å². The average Bonchev–Trinajstić information content (AvgIpc) is 3.11. The quantitative estimate of drug-likeness (QED) is 0.501. The average molecular weight is 320 g/mol. The number of carbonyl (C=O) groups is 1. The molecule has 3 N–H and O–H groups in total. The Kier molecular flexibility index (Phi) is 3.17. The maximum atomic E-state index is 11.8. The second kappa shape index (κ2) is 5.33. The number of aromatic amines is 1. The fraction of sp³-hybridized carbons (Fsp3) is 0. The van der Waals surface area contributed by atoms with Gasteiger partial charge in [0, 0.05) is 28.9 Å². The highest BCUT2D eigenvalue weighted by Gasteiger charge is 2.20. The Balaban J connectivity index is 1.81. The van der Waals surface area contributed by atoms with Crippen LogP contribution in [-0.2, 0) is 4.79 Å². The number of pyridine rings is 1. The molecule has 1 amide bonds. The van der Waals surface area contributed by atoms with Crippen molar-refractivity contribution in [2.45, 2.75) is 0 Å². The number of thiocarbonyl (C=S) groups is 1. The molecule has 0 bridgehead atoms. The zero-order valence-electron chi connectivity index (χ0n) is 12.0. The number of H-pyrrole nitrogens is 1. The largest absolute Gasteiger partial charge is 0.346 e. The van der Waals surface area contributed by atoms with E-state index in [1.807, 2.05) is 42.7 Å². The van der Waals surface area contributed by atoms with Crippen molar-refractivity contribution in [3.8, 4) is 11.1 Å². The summed E-state index contributed by atoms with van der Waals surface area (Å²) in [6, 6.07) is 12.1. The van der Waals surface area contributed by atoms with E-state index >= 15 is 0 Å². The molecule has 1 fully saturated rings. The third kappa shape index (κ3) is 2.49. The molecule has 0 aliphatic carbocycles. The monoisotopic (exact) mass is 320 g/mol. The number of hydrogen-bond donors (Lipinski definition) is 3. The van der Waals surface area contributed by atoms with Crippen LogP contribution < -0.4 is 10.6 Å². The van der Waals surface area contributed by atoms with E-state index in [4.69, 9.17) is 12.2 Å². The minimum absolute atomic E-state index is 0.225. The molecule has 5 nitrogen and oxygen atoms in total. The highest BCUT2D eigenvalue weighted by molar-refractivity contribution is 7.80. The van der Waals surface area contributed by atoms with E-state index in [2.05, 4.69) is 26.7 Å². The lowest BCUT2D eigenvalue weighted by Crippen LogP contribution is -2.21. The van der Waals surface area contributed by atoms with Crippen LogP contribution in [0.2, 0.25) is 0 Å². The molecule has 2 aromatic heterocycles. The summed E-state index contributed by atoms with van der Waals surface area (Å²) in [4.78, 5) is 19.4. The summed E-state index contributed by atoms with van der Waals surface area (Å²) in [7, 11) is 0. The topological polar surface area (TPSA) is 69.8 Å². The van der Waals surface area contributed by atoms with Gasteiger partial charge in [0.05, 0.1) is 0 Å². The van der Waals surface area contributed by atoms with Gasteiger partial charge in [0.25, 0.3) is 5.91 Å². The van der Waals surface area contributed by atoms with Gasteiger partial charge in [0.2, 0.25) is 0 Å². The van der Waals surface area contributed by atoms with Crippen molar-refractivity contribution in [1.29, 1.82) is 0 Å². The Morgan fingerprint density at radius 1 is 1.09 bits per heavy atom. The third-order valence-electron chi connectivity index (χ3n) is 3.69. The summed E-state index contributed by atoms with van der Waals surface area (Å²) in [5.74, 6) is -0.225. The second-order valence-corrected chi connectivity index (χ2v) is 5.60. The van der Waals surface area contributed by atoms with E-state index < -0.39 is 0 Å². The molecule has 112 valence electrons. The first kappa shape index (κ1) is 13.7. The van der Waals surface area contributed by atoms with E-state index in [-0.39, 0.29) is 5.91 Å². The van der Waals surface area contributed by atoms with Crippen molar-refractivity contribution < 1.29 is 4.79 Å². The van der Waals surface area contributed by atoms with E-state index in [0.29, 0.717) is 10.8 Å². The van der Waals surface area contributed by atoms with Gasteiger partial charge in [0.15, 0.2) is 5.11 Å². The molecule has 4 rings (SSSR count). The second-order valence-electron chi connectivity index (χ2n) is 5.20. The number of benzene rings is 1. The molecule has 0 spiro atoms. The zero-order valence-corrected chi connectivity index (χ0v) is 12.8. The molecule has 1 aliphatic rings. The van der Waals surface area contributed by atoms with E-state index in [0.717, 1.165) is 27.7 Å². The number of nitrogens with one attached hydrogen (secondary N) is 3. The van der Waals surface area contributed by atoms with Crippen LogP contribution in [0.25, 0.3) is 28.2 Å². The molecule has 1 saturated heterocycles. The summed E-state index contributed by atoms with van der Waals surface area (Å²) < 4.78 is 0. The van der Waals surface area contributed by atoms with E-state index in [1.54, 1.807) is 6.08 Å². The molecule has 3 heterocycles. The fourth-order valence-electron chi connectivity index (χ4n) is 2.57. The smallest absolute Gasteiger partial charge is 0.273 e. The lowest BCUT2D eigenvalue weighted by atomic mass is 10.1. The van der Waals surface area contributed by atoms with Gasteiger partial charge in [-0.1, -0.05) is 30.3 Å². The van der Waals surface area contributed by atoms with E-state index in [1.165, 1.54) is 0 Å². The van der Waals surface area contributed by atoms with Crippen molar-refractivity contribution in [2.24, 2.45) is 0 Å².